The fourth-order valence-corrected chi connectivity index (χ4v) is 2.21. The zero-order valence-corrected chi connectivity index (χ0v) is 8.02. The number of rotatable bonds is 0. The highest BCUT2D eigenvalue weighted by atomic mass is 16.8. The predicted octanol–water partition coefficient (Wildman–Crippen LogP) is -2.37. The van der Waals surface area contributed by atoms with Gasteiger partial charge < -0.3 is 29.5 Å². The first-order chi connectivity index (χ1) is 7.53. The molecular weight excluding hydrogens is 220 g/mol. The molecule has 0 aromatic rings. The van der Waals surface area contributed by atoms with Gasteiger partial charge in [-0.05, 0) is 6.08 Å². The van der Waals surface area contributed by atoms with Gasteiger partial charge >= 0.3 is 5.97 Å². The molecule has 3 rings (SSSR count). The SMILES string of the molecule is O=C1C=CC2(O1)O[C@H]1[C@H](OC(O)[C@@H]1O)C2O. The minimum atomic E-state index is -1.59. The van der Waals surface area contributed by atoms with Crippen LogP contribution >= 0.6 is 0 Å². The third kappa shape index (κ3) is 1.12. The number of carbonyl (C=O) groups is 1. The highest BCUT2D eigenvalue weighted by Gasteiger charge is 2.64. The molecular formula is C9H10O7. The molecule has 0 saturated carbocycles. The average molecular weight is 230 g/mol. The van der Waals surface area contributed by atoms with E-state index in [1.165, 1.54) is 6.08 Å². The van der Waals surface area contributed by atoms with Crippen LogP contribution in [0.4, 0.5) is 0 Å². The van der Waals surface area contributed by atoms with Crippen LogP contribution in [0.15, 0.2) is 12.2 Å². The van der Waals surface area contributed by atoms with Gasteiger partial charge in [-0.2, -0.15) is 0 Å². The third-order valence-electron chi connectivity index (χ3n) is 3.00. The molecule has 3 heterocycles. The van der Waals surface area contributed by atoms with E-state index in [9.17, 15) is 20.1 Å². The van der Waals surface area contributed by atoms with Gasteiger partial charge in [-0.1, -0.05) is 0 Å². The van der Waals surface area contributed by atoms with Gasteiger partial charge in [0, 0.05) is 6.08 Å². The number of aliphatic hydroxyl groups excluding tert-OH is 3. The molecule has 0 aromatic carbocycles. The van der Waals surface area contributed by atoms with Crippen molar-refractivity contribution in [2.24, 2.45) is 0 Å². The first kappa shape index (κ1) is 10.2. The number of hydrogen-bond acceptors (Lipinski definition) is 7. The largest absolute Gasteiger partial charge is 0.423 e. The van der Waals surface area contributed by atoms with Crippen LogP contribution < -0.4 is 0 Å². The Morgan fingerprint density at radius 3 is 2.56 bits per heavy atom. The molecule has 0 aromatic heterocycles. The lowest BCUT2D eigenvalue weighted by Gasteiger charge is -2.26. The van der Waals surface area contributed by atoms with Gasteiger partial charge in [0.15, 0.2) is 12.4 Å². The van der Waals surface area contributed by atoms with Crippen molar-refractivity contribution < 1.29 is 34.3 Å². The summed E-state index contributed by atoms with van der Waals surface area (Å²) in [4.78, 5) is 11.0. The maximum Gasteiger partial charge on any atom is 0.333 e. The normalized spacial score (nSPS) is 54.7. The molecule has 7 heteroatoms. The number of fused-ring (bicyclic) bond motifs is 1. The van der Waals surface area contributed by atoms with Crippen molar-refractivity contribution in [1.82, 2.24) is 0 Å². The van der Waals surface area contributed by atoms with E-state index in [0.717, 1.165) is 6.08 Å². The van der Waals surface area contributed by atoms with E-state index < -0.39 is 42.5 Å². The van der Waals surface area contributed by atoms with Crippen LogP contribution in [0.3, 0.4) is 0 Å². The summed E-state index contributed by atoms with van der Waals surface area (Å²) in [6.07, 6.45) is -3.36. The van der Waals surface area contributed by atoms with Crippen molar-refractivity contribution in [3.05, 3.63) is 12.2 Å². The first-order valence-corrected chi connectivity index (χ1v) is 4.83. The van der Waals surface area contributed by atoms with Gasteiger partial charge in [0.25, 0.3) is 5.79 Å². The van der Waals surface area contributed by atoms with Crippen molar-refractivity contribution in [3.63, 3.8) is 0 Å². The molecule has 0 aliphatic carbocycles. The van der Waals surface area contributed by atoms with E-state index in [1.54, 1.807) is 0 Å². The molecule has 1 spiro atoms. The van der Waals surface area contributed by atoms with E-state index in [0.29, 0.717) is 0 Å². The summed E-state index contributed by atoms with van der Waals surface area (Å²) < 4.78 is 15.1. The number of carbonyl (C=O) groups excluding carboxylic acids is 1. The molecule has 2 fully saturated rings. The maximum atomic E-state index is 11.0. The molecule has 3 aliphatic heterocycles. The molecule has 6 atom stereocenters. The van der Waals surface area contributed by atoms with Gasteiger partial charge in [0.1, 0.15) is 18.3 Å². The number of hydrogen-bond donors (Lipinski definition) is 3. The molecule has 88 valence electrons. The van der Waals surface area contributed by atoms with Crippen molar-refractivity contribution >= 4 is 5.97 Å². The van der Waals surface area contributed by atoms with Crippen molar-refractivity contribution in [1.29, 1.82) is 0 Å². The Kier molecular flexibility index (Phi) is 1.92. The Bertz CT molecular complexity index is 367. The highest BCUT2D eigenvalue weighted by Crippen LogP contribution is 2.43. The first-order valence-electron chi connectivity index (χ1n) is 4.83. The molecule has 0 amide bonds. The summed E-state index contributed by atoms with van der Waals surface area (Å²) in [6, 6.07) is 0. The molecule has 16 heavy (non-hydrogen) atoms. The summed E-state index contributed by atoms with van der Waals surface area (Å²) in [5.41, 5.74) is 0. The summed E-state index contributed by atoms with van der Waals surface area (Å²) in [5, 5.41) is 28.6. The van der Waals surface area contributed by atoms with Gasteiger partial charge in [0.2, 0.25) is 0 Å². The van der Waals surface area contributed by atoms with Crippen molar-refractivity contribution in [2.45, 2.75) is 36.5 Å². The number of esters is 1. The highest BCUT2D eigenvalue weighted by molar-refractivity contribution is 5.85. The number of ether oxygens (including phenoxy) is 3. The topological polar surface area (TPSA) is 105 Å². The molecule has 7 nitrogen and oxygen atoms in total. The van der Waals surface area contributed by atoms with Gasteiger partial charge in [-0.15, -0.1) is 0 Å². The Hall–Kier alpha value is -0.990. The lowest BCUT2D eigenvalue weighted by atomic mass is 10.0. The summed E-state index contributed by atoms with van der Waals surface area (Å²) >= 11 is 0. The Morgan fingerprint density at radius 1 is 1.25 bits per heavy atom. The molecule has 3 unspecified atom stereocenters. The van der Waals surface area contributed by atoms with Crippen LogP contribution in [-0.2, 0) is 19.0 Å². The molecule has 0 radical (unpaired) electrons. The van der Waals surface area contributed by atoms with Crippen molar-refractivity contribution in [3.8, 4) is 0 Å². The maximum absolute atomic E-state index is 11.0. The predicted molar refractivity (Wildman–Crippen MR) is 45.7 cm³/mol. The lowest BCUT2D eigenvalue weighted by Crippen LogP contribution is -2.44. The minimum Gasteiger partial charge on any atom is -0.423 e. The fraction of sp³-hybridized carbons (Fsp3) is 0.667. The molecule has 0 bridgehead atoms. The van der Waals surface area contributed by atoms with Crippen LogP contribution in [0.1, 0.15) is 0 Å². The van der Waals surface area contributed by atoms with E-state index in [2.05, 4.69) is 0 Å². The van der Waals surface area contributed by atoms with Gasteiger partial charge in [-0.3, -0.25) is 0 Å². The zero-order valence-electron chi connectivity index (χ0n) is 8.02. The van der Waals surface area contributed by atoms with E-state index in [-0.39, 0.29) is 0 Å². The Balaban J connectivity index is 1.89. The zero-order chi connectivity index (χ0) is 11.5. The van der Waals surface area contributed by atoms with Crippen molar-refractivity contribution in [2.75, 3.05) is 0 Å². The van der Waals surface area contributed by atoms with Crippen LogP contribution in [0, 0.1) is 0 Å². The van der Waals surface area contributed by atoms with Crippen LogP contribution in [0.25, 0.3) is 0 Å². The summed E-state index contributed by atoms with van der Waals surface area (Å²) in [6.45, 7) is 0. The third-order valence-corrected chi connectivity index (χ3v) is 3.00. The number of aliphatic hydroxyl groups is 3. The van der Waals surface area contributed by atoms with Crippen LogP contribution in [-0.4, -0.2) is 57.8 Å². The molecule has 3 aliphatic rings. The summed E-state index contributed by atoms with van der Waals surface area (Å²) in [7, 11) is 0. The van der Waals surface area contributed by atoms with E-state index >= 15 is 0 Å². The van der Waals surface area contributed by atoms with Gasteiger partial charge in [0.05, 0.1) is 0 Å². The fourth-order valence-electron chi connectivity index (χ4n) is 2.21. The van der Waals surface area contributed by atoms with E-state index in [1.807, 2.05) is 0 Å². The van der Waals surface area contributed by atoms with Crippen LogP contribution in [0.5, 0.6) is 0 Å². The second-order valence-corrected chi connectivity index (χ2v) is 3.98. The standard InChI is InChI=1S/C9H10O7/c10-3-1-2-9(15-3)7(12)6-5(16-9)4(11)8(13)14-6/h1-2,4-8,11-13H/t4-,5-,6+,7?,8?,9?/m1/s1. The molecule has 2 saturated heterocycles. The smallest absolute Gasteiger partial charge is 0.333 e. The van der Waals surface area contributed by atoms with Crippen LogP contribution in [0.2, 0.25) is 0 Å². The van der Waals surface area contributed by atoms with Gasteiger partial charge in [-0.25, -0.2) is 4.79 Å². The Labute approximate surface area is 89.8 Å². The van der Waals surface area contributed by atoms with E-state index in [4.69, 9.17) is 14.2 Å². The quantitative estimate of drug-likeness (QED) is 0.399. The second-order valence-electron chi connectivity index (χ2n) is 3.98. The lowest BCUT2D eigenvalue weighted by molar-refractivity contribution is -0.238. The monoisotopic (exact) mass is 230 g/mol. The average Bonchev–Trinajstić information content (AvgIpc) is 2.82. The minimum absolute atomic E-state index is 0.630. The second kappa shape index (κ2) is 3.02. The summed E-state index contributed by atoms with van der Waals surface area (Å²) in [5.74, 6) is -2.22. The Morgan fingerprint density at radius 2 is 2.00 bits per heavy atom. The molecule has 3 N–H and O–H groups in total.